The fourth-order valence-corrected chi connectivity index (χ4v) is 4.34. The molecule has 4 rings (SSSR count). The van der Waals surface area contributed by atoms with Gasteiger partial charge in [0.05, 0.1) is 0 Å². The van der Waals surface area contributed by atoms with Crippen molar-refractivity contribution in [1.82, 2.24) is 0 Å². The summed E-state index contributed by atoms with van der Waals surface area (Å²) in [6.07, 6.45) is 0. The monoisotopic (exact) mass is 288 g/mol. The summed E-state index contributed by atoms with van der Waals surface area (Å²) in [6.45, 7) is 4.34. The highest BCUT2D eigenvalue weighted by atomic mass is 32.1. The Bertz CT molecular complexity index is 940. The first-order valence-electron chi connectivity index (χ1n) is 7.21. The van der Waals surface area contributed by atoms with Crippen molar-refractivity contribution in [1.29, 1.82) is 0 Å². The third-order valence-electron chi connectivity index (χ3n) is 3.94. The van der Waals surface area contributed by atoms with Crippen molar-refractivity contribution in [3.8, 4) is 11.1 Å². The van der Waals surface area contributed by atoms with Gasteiger partial charge in [-0.25, -0.2) is 0 Å². The van der Waals surface area contributed by atoms with Crippen LogP contribution in [0.1, 0.15) is 11.1 Å². The molecule has 0 fully saturated rings. The lowest BCUT2D eigenvalue weighted by molar-refractivity contribution is 1.39. The Morgan fingerprint density at radius 3 is 2.24 bits per heavy atom. The third-order valence-corrected chi connectivity index (χ3v) is 5.16. The van der Waals surface area contributed by atoms with E-state index in [2.05, 4.69) is 74.5 Å². The maximum absolute atomic E-state index is 2.28. The Balaban J connectivity index is 2.09. The quantitative estimate of drug-likeness (QED) is 0.383. The number of thiophene rings is 1. The normalized spacial score (nSPS) is 11.3. The maximum Gasteiger partial charge on any atom is 0.0433 e. The summed E-state index contributed by atoms with van der Waals surface area (Å²) < 4.78 is 2.76. The zero-order chi connectivity index (χ0) is 14.4. The van der Waals surface area contributed by atoms with Crippen molar-refractivity contribution >= 4 is 31.5 Å². The number of fused-ring (bicyclic) bond motifs is 3. The molecule has 0 saturated carbocycles. The molecule has 0 aliphatic carbocycles. The summed E-state index contributed by atoms with van der Waals surface area (Å²) in [5.41, 5.74) is 5.32. The highest BCUT2D eigenvalue weighted by Gasteiger charge is 2.10. The van der Waals surface area contributed by atoms with Crippen molar-refractivity contribution in [2.75, 3.05) is 0 Å². The Kier molecular flexibility index (Phi) is 2.83. The number of aryl methyl sites for hydroxylation is 2. The van der Waals surface area contributed by atoms with Crippen molar-refractivity contribution in [2.45, 2.75) is 13.8 Å². The topological polar surface area (TPSA) is 0 Å². The smallest absolute Gasteiger partial charge is 0.0433 e. The molecule has 0 nitrogen and oxygen atoms in total. The first-order chi connectivity index (χ1) is 10.2. The highest BCUT2D eigenvalue weighted by molar-refractivity contribution is 7.26. The summed E-state index contributed by atoms with van der Waals surface area (Å²) in [7, 11) is 0. The van der Waals surface area contributed by atoms with Crippen LogP contribution in [0, 0.1) is 13.8 Å². The van der Waals surface area contributed by atoms with Gasteiger partial charge in [0.15, 0.2) is 0 Å². The van der Waals surface area contributed by atoms with Gasteiger partial charge >= 0.3 is 0 Å². The van der Waals surface area contributed by atoms with E-state index < -0.39 is 0 Å². The third kappa shape index (κ3) is 2.05. The van der Waals surface area contributed by atoms with Crippen LogP contribution in [0.3, 0.4) is 0 Å². The minimum absolute atomic E-state index is 1.32. The van der Waals surface area contributed by atoms with Gasteiger partial charge in [0, 0.05) is 20.2 Å². The minimum atomic E-state index is 1.32. The largest absolute Gasteiger partial charge is 0.135 e. The first kappa shape index (κ1) is 12.6. The van der Waals surface area contributed by atoms with E-state index >= 15 is 0 Å². The molecule has 0 unspecified atom stereocenters. The molecule has 0 spiro atoms. The maximum atomic E-state index is 2.28. The second-order valence-electron chi connectivity index (χ2n) is 5.66. The van der Waals surface area contributed by atoms with Crippen molar-refractivity contribution in [2.24, 2.45) is 0 Å². The summed E-state index contributed by atoms with van der Waals surface area (Å²) in [6, 6.07) is 22.1. The molecule has 3 aromatic carbocycles. The molecule has 0 saturated heterocycles. The molecule has 21 heavy (non-hydrogen) atoms. The molecule has 0 amide bonds. The van der Waals surface area contributed by atoms with Crippen molar-refractivity contribution < 1.29 is 0 Å². The molecule has 0 aliphatic rings. The van der Waals surface area contributed by atoms with Crippen LogP contribution in [0.25, 0.3) is 31.3 Å². The van der Waals surface area contributed by atoms with Crippen LogP contribution in [0.5, 0.6) is 0 Å². The predicted molar refractivity (Wildman–Crippen MR) is 94.2 cm³/mol. The molecular formula is C20H16S. The number of benzene rings is 3. The van der Waals surface area contributed by atoms with E-state index in [-0.39, 0.29) is 0 Å². The van der Waals surface area contributed by atoms with E-state index in [1.54, 1.807) is 0 Å². The summed E-state index contributed by atoms with van der Waals surface area (Å²) >= 11 is 1.89. The van der Waals surface area contributed by atoms with Crippen LogP contribution in [0.2, 0.25) is 0 Å². The highest BCUT2D eigenvalue weighted by Crippen LogP contribution is 2.39. The van der Waals surface area contributed by atoms with Gasteiger partial charge in [0.2, 0.25) is 0 Å². The van der Waals surface area contributed by atoms with Gasteiger partial charge in [0.1, 0.15) is 0 Å². The number of hydrogen-bond donors (Lipinski definition) is 0. The molecule has 0 bridgehead atoms. The Labute approximate surface area is 128 Å². The van der Waals surface area contributed by atoms with Gasteiger partial charge in [-0.3, -0.25) is 0 Å². The van der Waals surface area contributed by atoms with E-state index in [0.29, 0.717) is 0 Å². The van der Waals surface area contributed by atoms with Gasteiger partial charge in [-0.15, -0.1) is 11.3 Å². The van der Waals surface area contributed by atoms with Gasteiger partial charge in [0.25, 0.3) is 0 Å². The fourth-order valence-electron chi connectivity index (χ4n) is 3.10. The van der Waals surface area contributed by atoms with Crippen LogP contribution in [0.15, 0.2) is 60.7 Å². The van der Waals surface area contributed by atoms with Gasteiger partial charge in [-0.2, -0.15) is 0 Å². The fraction of sp³-hybridized carbons (Fsp3) is 0.100. The molecule has 102 valence electrons. The lowest BCUT2D eigenvalue weighted by atomic mass is 9.99. The molecule has 0 atom stereocenters. The molecule has 1 aromatic heterocycles. The molecular weight excluding hydrogens is 272 g/mol. The Hall–Kier alpha value is -2.12. The first-order valence-corrected chi connectivity index (χ1v) is 8.03. The summed E-state index contributed by atoms with van der Waals surface area (Å²) in [4.78, 5) is 0. The second-order valence-corrected chi connectivity index (χ2v) is 6.71. The standard InChI is InChI=1S/C20H16S/c1-13-10-14(2)12-15(11-13)16-7-5-8-18-17-6-3-4-9-19(17)21-20(16)18/h3-12H,1-2H3. The summed E-state index contributed by atoms with van der Waals surface area (Å²) in [5, 5.41) is 2.73. The van der Waals surface area contributed by atoms with Crippen LogP contribution < -0.4 is 0 Å². The van der Waals surface area contributed by atoms with Gasteiger partial charge < -0.3 is 0 Å². The molecule has 1 heterocycles. The van der Waals surface area contributed by atoms with E-state index in [0.717, 1.165) is 0 Å². The van der Waals surface area contributed by atoms with Gasteiger partial charge in [-0.05, 0) is 31.0 Å². The molecule has 1 heteroatoms. The number of rotatable bonds is 1. The van der Waals surface area contributed by atoms with Gasteiger partial charge in [-0.1, -0.05) is 65.7 Å². The SMILES string of the molecule is Cc1cc(C)cc(-c2cccc3c2sc2ccccc23)c1. The van der Waals surface area contributed by atoms with E-state index in [1.165, 1.54) is 42.4 Å². The van der Waals surface area contributed by atoms with E-state index in [9.17, 15) is 0 Å². The zero-order valence-electron chi connectivity index (χ0n) is 12.2. The molecule has 4 aromatic rings. The Morgan fingerprint density at radius 1 is 0.714 bits per heavy atom. The lowest BCUT2D eigenvalue weighted by Gasteiger charge is -2.06. The summed E-state index contributed by atoms with van der Waals surface area (Å²) in [5.74, 6) is 0. The average Bonchev–Trinajstić information content (AvgIpc) is 2.84. The zero-order valence-corrected chi connectivity index (χ0v) is 13.0. The van der Waals surface area contributed by atoms with E-state index in [4.69, 9.17) is 0 Å². The van der Waals surface area contributed by atoms with Crippen LogP contribution in [-0.2, 0) is 0 Å². The minimum Gasteiger partial charge on any atom is -0.135 e. The molecule has 0 radical (unpaired) electrons. The lowest BCUT2D eigenvalue weighted by Crippen LogP contribution is -1.83. The van der Waals surface area contributed by atoms with E-state index in [1.807, 2.05) is 11.3 Å². The second kappa shape index (κ2) is 4.71. The van der Waals surface area contributed by atoms with Crippen LogP contribution in [0.4, 0.5) is 0 Å². The molecule has 0 aliphatic heterocycles. The number of hydrogen-bond acceptors (Lipinski definition) is 1. The van der Waals surface area contributed by atoms with Crippen LogP contribution in [-0.4, -0.2) is 0 Å². The van der Waals surface area contributed by atoms with Crippen molar-refractivity contribution in [3.63, 3.8) is 0 Å². The molecule has 0 N–H and O–H groups in total. The Morgan fingerprint density at radius 2 is 1.43 bits per heavy atom. The van der Waals surface area contributed by atoms with Crippen LogP contribution >= 0.6 is 11.3 Å². The average molecular weight is 288 g/mol. The van der Waals surface area contributed by atoms with Crippen molar-refractivity contribution in [3.05, 3.63) is 71.8 Å². The predicted octanol–water partition coefficient (Wildman–Crippen LogP) is 6.34.